The highest BCUT2D eigenvalue weighted by Gasteiger charge is 2.29. The van der Waals surface area contributed by atoms with Crippen molar-refractivity contribution >= 4 is 17.5 Å². The molecule has 4 heteroatoms. The molecule has 0 N–H and O–H groups in total. The van der Waals surface area contributed by atoms with E-state index in [0.717, 1.165) is 18.4 Å². The predicted molar refractivity (Wildman–Crippen MR) is 82.6 cm³/mol. The Morgan fingerprint density at radius 3 is 2.90 bits per heavy atom. The fraction of sp³-hybridized carbons (Fsp3) is 0.471. The SMILES string of the molecule is CCC#CC(=O)N1C[C@H](c2ccc(Cl)c(F)c2)CC[C@H]1C. The van der Waals surface area contributed by atoms with Crippen LogP contribution in [0.2, 0.25) is 5.02 Å². The second-order valence-electron chi connectivity index (χ2n) is 5.41. The van der Waals surface area contributed by atoms with Crippen molar-refractivity contribution < 1.29 is 9.18 Å². The van der Waals surface area contributed by atoms with Crippen LogP contribution < -0.4 is 0 Å². The van der Waals surface area contributed by atoms with Gasteiger partial charge in [0.25, 0.3) is 5.91 Å². The molecule has 1 heterocycles. The second kappa shape index (κ2) is 6.95. The first kappa shape index (κ1) is 15.9. The first-order valence-electron chi connectivity index (χ1n) is 7.27. The van der Waals surface area contributed by atoms with E-state index in [4.69, 9.17) is 11.6 Å². The molecule has 2 rings (SSSR count). The number of amides is 1. The van der Waals surface area contributed by atoms with Gasteiger partial charge in [0.05, 0.1) is 5.02 Å². The van der Waals surface area contributed by atoms with E-state index in [2.05, 4.69) is 11.8 Å². The largest absolute Gasteiger partial charge is 0.329 e. The minimum absolute atomic E-state index is 0.129. The zero-order valence-electron chi connectivity index (χ0n) is 12.3. The van der Waals surface area contributed by atoms with Crippen molar-refractivity contribution in [3.63, 3.8) is 0 Å². The topological polar surface area (TPSA) is 20.3 Å². The van der Waals surface area contributed by atoms with E-state index in [-0.39, 0.29) is 22.9 Å². The third kappa shape index (κ3) is 3.77. The van der Waals surface area contributed by atoms with Crippen LogP contribution in [0.3, 0.4) is 0 Å². The molecule has 0 unspecified atom stereocenters. The number of rotatable bonds is 1. The normalized spacial score (nSPS) is 21.6. The fourth-order valence-electron chi connectivity index (χ4n) is 2.66. The Balaban J connectivity index is 2.16. The highest BCUT2D eigenvalue weighted by atomic mass is 35.5. The van der Waals surface area contributed by atoms with Crippen molar-refractivity contribution in [1.29, 1.82) is 0 Å². The summed E-state index contributed by atoms with van der Waals surface area (Å²) in [6, 6.07) is 5.07. The molecule has 0 spiro atoms. The van der Waals surface area contributed by atoms with Crippen LogP contribution in [0.25, 0.3) is 0 Å². The summed E-state index contributed by atoms with van der Waals surface area (Å²) in [7, 11) is 0. The zero-order chi connectivity index (χ0) is 15.4. The third-order valence-electron chi connectivity index (χ3n) is 3.93. The molecule has 2 atom stereocenters. The van der Waals surface area contributed by atoms with E-state index >= 15 is 0 Å². The van der Waals surface area contributed by atoms with Crippen molar-refractivity contribution in [3.05, 3.63) is 34.6 Å². The highest BCUT2D eigenvalue weighted by molar-refractivity contribution is 6.30. The Morgan fingerprint density at radius 1 is 1.48 bits per heavy atom. The maximum Gasteiger partial charge on any atom is 0.298 e. The number of carbonyl (C=O) groups is 1. The number of piperidine rings is 1. The van der Waals surface area contributed by atoms with Crippen molar-refractivity contribution in [2.24, 2.45) is 0 Å². The molecule has 1 aliphatic heterocycles. The monoisotopic (exact) mass is 307 g/mol. The van der Waals surface area contributed by atoms with Crippen LogP contribution in [0.1, 0.15) is 44.6 Å². The smallest absolute Gasteiger partial charge is 0.298 e. The van der Waals surface area contributed by atoms with Gasteiger partial charge in [-0.1, -0.05) is 30.5 Å². The predicted octanol–water partition coefficient (Wildman–Crippen LogP) is 3.99. The average molecular weight is 308 g/mol. The highest BCUT2D eigenvalue weighted by Crippen LogP contribution is 2.31. The van der Waals surface area contributed by atoms with Crippen LogP contribution in [0, 0.1) is 17.7 Å². The van der Waals surface area contributed by atoms with Gasteiger partial charge in [0, 0.05) is 24.9 Å². The summed E-state index contributed by atoms with van der Waals surface area (Å²) >= 11 is 5.72. The Morgan fingerprint density at radius 2 is 2.24 bits per heavy atom. The van der Waals surface area contributed by atoms with E-state index in [0.29, 0.717) is 13.0 Å². The fourth-order valence-corrected chi connectivity index (χ4v) is 2.78. The molecular weight excluding hydrogens is 289 g/mol. The molecule has 1 amide bonds. The second-order valence-corrected chi connectivity index (χ2v) is 5.82. The molecule has 1 aliphatic rings. The molecule has 1 saturated heterocycles. The summed E-state index contributed by atoms with van der Waals surface area (Å²) in [5.74, 6) is 5.08. The van der Waals surface area contributed by atoms with E-state index in [9.17, 15) is 9.18 Å². The van der Waals surface area contributed by atoms with Crippen molar-refractivity contribution in [3.8, 4) is 11.8 Å². The van der Waals surface area contributed by atoms with Crippen LogP contribution in [-0.2, 0) is 4.79 Å². The van der Waals surface area contributed by atoms with Gasteiger partial charge < -0.3 is 4.90 Å². The molecule has 0 aliphatic carbocycles. The minimum Gasteiger partial charge on any atom is -0.329 e. The van der Waals surface area contributed by atoms with Gasteiger partial charge in [0.2, 0.25) is 0 Å². The summed E-state index contributed by atoms with van der Waals surface area (Å²) in [5.41, 5.74) is 0.894. The number of halogens is 2. The van der Waals surface area contributed by atoms with Gasteiger partial charge in [-0.3, -0.25) is 4.79 Å². The number of carbonyl (C=O) groups excluding carboxylic acids is 1. The summed E-state index contributed by atoms with van der Waals surface area (Å²) in [6.07, 6.45) is 2.50. The van der Waals surface area contributed by atoms with Gasteiger partial charge in [-0.2, -0.15) is 0 Å². The molecule has 0 bridgehead atoms. The van der Waals surface area contributed by atoms with Gasteiger partial charge in [-0.15, -0.1) is 0 Å². The van der Waals surface area contributed by atoms with Crippen LogP contribution in [-0.4, -0.2) is 23.4 Å². The van der Waals surface area contributed by atoms with E-state index in [1.165, 1.54) is 6.07 Å². The molecule has 2 nitrogen and oxygen atoms in total. The summed E-state index contributed by atoms with van der Waals surface area (Å²) < 4.78 is 13.6. The standard InChI is InChI=1S/C17H19ClFNO/c1-3-4-5-17(21)20-11-14(7-6-12(20)2)13-8-9-15(18)16(19)10-13/h8-10,12,14H,3,6-7,11H2,1-2H3/t12-,14-/m1/s1. The lowest BCUT2D eigenvalue weighted by atomic mass is 9.87. The first-order chi connectivity index (χ1) is 10.0. The Labute approximate surface area is 130 Å². The van der Waals surface area contributed by atoms with Gasteiger partial charge in [-0.25, -0.2) is 4.39 Å². The van der Waals surface area contributed by atoms with Crippen LogP contribution in [0.15, 0.2) is 18.2 Å². The molecule has 1 aromatic carbocycles. The lowest BCUT2D eigenvalue weighted by Gasteiger charge is -2.37. The third-order valence-corrected chi connectivity index (χ3v) is 4.24. The van der Waals surface area contributed by atoms with Gasteiger partial charge >= 0.3 is 0 Å². The van der Waals surface area contributed by atoms with Crippen molar-refractivity contribution in [2.45, 2.75) is 45.1 Å². The lowest BCUT2D eigenvalue weighted by molar-refractivity contribution is -0.128. The molecule has 1 fully saturated rings. The molecule has 0 radical (unpaired) electrons. The molecule has 21 heavy (non-hydrogen) atoms. The van der Waals surface area contributed by atoms with E-state index in [1.807, 2.05) is 19.9 Å². The number of hydrogen-bond acceptors (Lipinski definition) is 1. The molecule has 0 aromatic heterocycles. The molecule has 112 valence electrons. The molecular formula is C17H19ClFNO. The van der Waals surface area contributed by atoms with Gasteiger partial charge in [0.15, 0.2) is 0 Å². The summed E-state index contributed by atoms with van der Waals surface area (Å²) in [6.45, 7) is 4.53. The minimum atomic E-state index is -0.406. The summed E-state index contributed by atoms with van der Waals surface area (Å²) in [4.78, 5) is 13.9. The quantitative estimate of drug-likeness (QED) is 0.719. The number of likely N-dealkylation sites (tertiary alicyclic amines) is 1. The lowest BCUT2D eigenvalue weighted by Crippen LogP contribution is -2.44. The Bertz CT molecular complexity index is 590. The Kier molecular flexibility index (Phi) is 5.25. The number of hydrogen-bond donors (Lipinski definition) is 0. The van der Waals surface area contributed by atoms with Crippen LogP contribution >= 0.6 is 11.6 Å². The zero-order valence-corrected chi connectivity index (χ0v) is 13.1. The Hall–Kier alpha value is -1.53. The van der Waals surface area contributed by atoms with Crippen molar-refractivity contribution in [1.82, 2.24) is 4.90 Å². The maximum atomic E-state index is 13.6. The van der Waals surface area contributed by atoms with Crippen molar-refractivity contribution in [2.75, 3.05) is 6.54 Å². The van der Waals surface area contributed by atoms with Gasteiger partial charge in [0.1, 0.15) is 5.82 Å². The van der Waals surface area contributed by atoms with Gasteiger partial charge in [-0.05, 0) is 43.4 Å². The maximum absolute atomic E-state index is 13.6. The van der Waals surface area contributed by atoms with Crippen LogP contribution in [0.5, 0.6) is 0 Å². The van der Waals surface area contributed by atoms with E-state index < -0.39 is 5.82 Å². The summed E-state index contributed by atoms with van der Waals surface area (Å²) in [5, 5.41) is 0.129. The molecule has 0 saturated carbocycles. The van der Waals surface area contributed by atoms with E-state index in [1.54, 1.807) is 11.0 Å². The average Bonchev–Trinajstić information content (AvgIpc) is 2.48. The number of nitrogens with zero attached hydrogens (tertiary/aromatic N) is 1. The first-order valence-corrected chi connectivity index (χ1v) is 7.65. The molecule has 1 aromatic rings. The number of benzene rings is 1. The van der Waals surface area contributed by atoms with Crippen LogP contribution in [0.4, 0.5) is 4.39 Å².